The van der Waals surface area contributed by atoms with Gasteiger partial charge in [0.25, 0.3) is 0 Å². The number of anilines is 1. The molecule has 4 heteroatoms. The van der Waals surface area contributed by atoms with E-state index in [1.54, 1.807) is 12.1 Å². The van der Waals surface area contributed by atoms with Gasteiger partial charge >= 0.3 is 0 Å². The van der Waals surface area contributed by atoms with E-state index in [1.165, 1.54) is 12.1 Å². The van der Waals surface area contributed by atoms with Gasteiger partial charge in [-0.2, -0.15) is 0 Å². The smallest absolute Gasteiger partial charge is 0.196 e. The first kappa shape index (κ1) is 12.9. The number of nitrogens with zero attached hydrogens (tertiary/aromatic N) is 2. The molecule has 0 bridgehead atoms. The van der Waals surface area contributed by atoms with Crippen LogP contribution in [0, 0.1) is 11.7 Å². The summed E-state index contributed by atoms with van der Waals surface area (Å²) in [6, 6.07) is 6.73. The first-order chi connectivity index (χ1) is 8.63. The predicted molar refractivity (Wildman–Crippen MR) is 73.2 cm³/mol. The van der Waals surface area contributed by atoms with Crippen molar-refractivity contribution in [2.24, 2.45) is 16.6 Å². The molecule has 2 rings (SSSR count). The van der Waals surface area contributed by atoms with Gasteiger partial charge < -0.3 is 10.6 Å². The lowest BCUT2D eigenvalue weighted by atomic mass is 9.96. The Hall–Kier alpha value is -1.58. The van der Waals surface area contributed by atoms with E-state index in [1.807, 2.05) is 4.90 Å². The molecule has 0 saturated carbocycles. The van der Waals surface area contributed by atoms with Gasteiger partial charge in [-0.05, 0) is 36.6 Å². The number of hydrogen-bond donors (Lipinski definition) is 1. The lowest BCUT2D eigenvalue weighted by molar-refractivity contribution is 0.439. The highest BCUT2D eigenvalue weighted by Gasteiger charge is 2.31. The van der Waals surface area contributed by atoms with Crippen molar-refractivity contribution in [2.75, 3.05) is 11.4 Å². The third kappa shape index (κ3) is 2.47. The fourth-order valence-corrected chi connectivity index (χ4v) is 2.52. The highest BCUT2D eigenvalue weighted by molar-refractivity contribution is 5.97. The zero-order valence-electron chi connectivity index (χ0n) is 10.9. The van der Waals surface area contributed by atoms with Crippen molar-refractivity contribution in [2.45, 2.75) is 32.7 Å². The minimum atomic E-state index is -0.230. The second-order valence-electron chi connectivity index (χ2n) is 4.88. The molecular weight excluding hydrogens is 229 g/mol. The molecule has 0 aliphatic carbocycles. The van der Waals surface area contributed by atoms with E-state index in [0.29, 0.717) is 11.9 Å². The van der Waals surface area contributed by atoms with Gasteiger partial charge in [-0.25, -0.2) is 4.39 Å². The molecule has 0 radical (unpaired) electrons. The Morgan fingerprint density at radius 1 is 1.44 bits per heavy atom. The number of hydrogen-bond acceptors (Lipinski definition) is 3. The first-order valence-corrected chi connectivity index (χ1v) is 6.48. The second-order valence-corrected chi connectivity index (χ2v) is 4.88. The van der Waals surface area contributed by atoms with Crippen molar-refractivity contribution < 1.29 is 4.39 Å². The summed E-state index contributed by atoms with van der Waals surface area (Å²) in [4.78, 5) is 6.36. The molecule has 0 spiro atoms. The van der Waals surface area contributed by atoms with Crippen molar-refractivity contribution >= 4 is 11.6 Å². The van der Waals surface area contributed by atoms with E-state index in [0.717, 1.165) is 25.1 Å². The fourth-order valence-electron chi connectivity index (χ4n) is 2.52. The number of halogens is 1. The van der Waals surface area contributed by atoms with Crippen LogP contribution in [0.15, 0.2) is 29.3 Å². The molecule has 1 heterocycles. The van der Waals surface area contributed by atoms with Crippen LogP contribution in [0.25, 0.3) is 0 Å². The maximum atomic E-state index is 13.0. The number of rotatable bonds is 4. The summed E-state index contributed by atoms with van der Waals surface area (Å²) in [6.45, 7) is 5.13. The summed E-state index contributed by atoms with van der Waals surface area (Å²) in [5.74, 6) is 0.825. The van der Waals surface area contributed by atoms with Gasteiger partial charge in [-0.1, -0.05) is 20.3 Å². The molecule has 0 saturated heterocycles. The first-order valence-electron chi connectivity index (χ1n) is 6.48. The minimum absolute atomic E-state index is 0.230. The van der Waals surface area contributed by atoms with Gasteiger partial charge in [-0.3, -0.25) is 4.99 Å². The Bertz CT molecular complexity index is 427. The Balaban J connectivity index is 2.22. The number of benzene rings is 1. The van der Waals surface area contributed by atoms with Crippen LogP contribution < -0.4 is 10.6 Å². The molecule has 1 aliphatic rings. The van der Waals surface area contributed by atoms with Crippen LogP contribution in [0.3, 0.4) is 0 Å². The molecule has 0 aromatic heterocycles. The summed E-state index contributed by atoms with van der Waals surface area (Å²) < 4.78 is 13.0. The van der Waals surface area contributed by atoms with Crippen LogP contribution in [0.5, 0.6) is 0 Å². The lowest BCUT2D eigenvalue weighted by Crippen LogP contribution is -2.44. The molecule has 18 heavy (non-hydrogen) atoms. The van der Waals surface area contributed by atoms with Gasteiger partial charge in [0.15, 0.2) is 5.96 Å². The molecule has 3 nitrogen and oxygen atoms in total. The van der Waals surface area contributed by atoms with Gasteiger partial charge in [0, 0.05) is 5.69 Å². The predicted octanol–water partition coefficient (Wildman–Crippen LogP) is 2.77. The van der Waals surface area contributed by atoms with E-state index in [4.69, 9.17) is 5.73 Å². The number of guanidine groups is 1. The minimum Gasteiger partial charge on any atom is -0.370 e. The van der Waals surface area contributed by atoms with Crippen molar-refractivity contribution in [3.63, 3.8) is 0 Å². The molecule has 98 valence electrons. The van der Waals surface area contributed by atoms with Gasteiger partial charge in [0.1, 0.15) is 5.82 Å². The van der Waals surface area contributed by atoms with Crippen LogP contribution in [0.1, 0.15) is 26.7 Å². The molecule has 2 N–H and O–H groups in total. The van der Waals surface area contributed by atoms with E-state index >= 15 is 0 Å². The highest BCUT2D eigenvalue weighted by atomic mass is 19.1. The molecule has 0 fully saturated rings. The lowest BCUT2D eigenvalue weighted by Gasteiger charge is -2.30. The molecule has 0 amide bonds. The molecule has 1 aromatic carbocycles. The highest BCUT2D eigenvalue weighted by Crippen LogP contribution is 2.27. The molecule has 2 atom stereocenters. The van der Waals surface area contributed by atoms with Crippen LogP contribution in [-0.2, 0) is 0 Å². The molecule has 2 unspecified atom stereocenters. The Morgan fingerprint density at radius 2 is 2.11 bits per heavy atom. The quantitative estimate of drug-likeness (QED) is 0.891. The van der Waals surface area contributed by atoms with E-state index < -0.39 is 0 Å². The summed E-state index contributed by atoms with van der Waals surface area (Å²) in [5, 5.41) is 0. The molecule has 1 aromatic rings. The van der Waals surface area contributed by atoms with Crippen molar-refractivity contribution in [3.05, 3.63) is 30.1 Å². The van der Waals surface area contributed by atoms with Gasteiger partial charge in [0.2, 0.25) is 0 Å². The maximum absolute atomic E-state index is 13.0. The van der Waals surface area contributed by atoms with Crippen LogP contribution >= 0.6 is 0 Å². The third-order valence-electron chi connectivity index (χ3n) is 3.52. The average molecular weight is 249 g/mol. The topological polar surface area (TPSA) is 41.6 Å². The summed E-state index contributed by atoms with van der Waals surface area (Å²) in [5.41, 5.74) is 6.88. The Labute approximate surface area is 108 Å². The number of aliphatic imine (C=N–C) groups is 1. The van der Waals surface area contributed by atoms with Crippen LogP contribution in [0.2, 0.25) is 0 Å². The Morgan fingerprint density at radius 3 is 2.72 bits per heavy atom. The van der Waals surface area contributed by atoms with Crippen molar-refractivity contribution in [1.29, 1.82) is 0 Å². The maximum Gasteiger partial charge on any atom is 0.196 e. The Kier molecular flexibility index (Phi) is 3.84. The zero-order valence-corrected chi connectivity index (χ0v) is 10.9. The monoisotopic (exact) mass is 249 g/mol. The molecule has 1 aliphatic heterocycles. The average Bonchev–Trinajstić information content (AvgIpc) is 2.73. The van der Waals surface area contributed by atoms with Gasteiger partial charge in [-0.15, -0.1) is 0 Å². The largest absolute Gasteiger partial charge is 0.370 e. The van der Waals surface area contributed by atoms with Crippen LogP contribution in [0.4, 0.5) is 10.1 Å². The van der Waals surface area contributed by atoms with E-state index in [2.05, 4.69) is 18.8 Å². The number of nitrogens with two attached hydrogens (primary N) is 1. The van der Waals surface area contributed by atoms with E-state index in [-0.39, 0.29) is 11.9 Å². The zero-order chi connectivity index (χ0) is 13.1. The van der Waals surface area contributed by atoms with Crippen molar-refractivity contribution in [1.82, 2.24) is 0 Å². The normalized spacial score (nSPS) is 20.9. The SMILES string of the molecule is CCCC(C)C1CN=C(N)N1c1ccc(F)cc1. The van der Waals surface area contributed by atoms with E-state index in [9.17, 15) is 4.39 Å². The molecular formula is C14H20FN3. The second kappa shape index (κ2) is 5.38. The summed E-state index contributed by atoms with van der Waals surface area (Å²) in [7, 11) is 0. The van der Waals surface area contributed by atoms with Crippen LogP contribution in [-0.4, -0.2) is 18.5 Å². The summed E-state index contributed by atoms with van der Waals surface area (Å²) >= 11 is 0. The summed E-state index contributed by atoms with van der Waals surface area (Å²) in [6.07, 6.45) is 2.29. The van der Waals surface area contributed by atoms with Crippen molar-refractivity contribution in [3.8, 4) is 0 Å². The third-order valence-corrected chi connectivity index (χ3v) is 3.52. The fraction of sp³-hybridized carbons (Fsp3) is 0.500. The van der Waals surface area contributed by atoms with Gasteiger partial charge in [0.05, 0.1) is 12.6 Å². The standard InChI is InChI=1S/C14H20FN3/c1-3-4-10(2)13-9-17-14(16)18(13)12-7-5-11(15)6-8-12/h5-8,10,13H,3-4,9H2,1-2H3,(H2,16,17).